The Balaban J connectivity index is 1.72. The molecule has 2 amide bonds. The molecule has 2 saturated heterocycles. The van der Waals surface area contributed by atoms with Crippen LogP contribution in [-0.2, 0) is 77.9 Å². The Morgan fingerprint density at radius 2 is 1.40 bits per heavy atom. The van der Waals surface area contributed by atoms with Gasteiger partial charge in [0.1, 0.15) is 38.1 Å². The summed E-state index contributed by atoms with van der Waals surface area (Å²) in [7, 11) is 0. The summed E-state index contributed by atoms with van der Waals surface area (Å²) in [5, 5.41) is 2.56. The molecular weight excluding hydrogens is 696 g/mol. The van der Waals surface area contributed by atoms with E-state index in [2.05, 4.69) is 5.32 Å². The third-order valence-electron chi connectivity index (χ3n) is 6.94. The molecule has 3 N–H and O–H groups in total. The van der Waals surface area contributed by atoms with E-state index in [-0.39, 0.29) is 39.6 Å². The summed E-state index contributed by atoms with van der Waals surface area (Å²) in [5.74, 6) is -2.86. The summed E-state index contributed by atoms with van der Waals surface area (Å²) in [5.41, 5.74) is 6.04. The van der Waals surface area contributed by atoms with E-state index >= 15 is 0 Å². The molecule has 288 valence electrons. The molecule has 0 aliphatic carbocycles. The molecule has 0 spiro atoms. The lowest BCUT2D eigenvalue weighted by atomic mass is 9.97. The first-order chi connectivity index (χ1) is 24.8. The van der Waals surface area contributed by atoms with Gasteiger partial charge in [-0.3, -0.25) is 19.2 Å². The first kappa shape index (κ1) is 41.9. The second kappa shape index (κ2) is 21.7. The summed E-state index contributed by atoms with van der Waals surface area (Å²) in [6, 6.07) is 9.15. The lowest BCUT2D eigenvalue weighted by Gasteiger charge is -2.46. The number of rotatable bonds is 18. The Hall–Kier alpha value is -4.56. The number of nitrogens with two attached hydrogens (primary N) is 1. The molecule has 3 rings (SSSR count). The molecule has 2 fully saturated rings. The Morgan fingerprint density at radius 1 is 0.731 bits per heavy atom. The molecule has 0 aromatic heterocycles. The van der Waals surface area contributed by atoms with Gasteiger partial charge < -0.3 is 63.2 Å². The van der Waals surface area contributed by atoms with Crippen molar-refractivity contribution in [3.8, 4) is 0 Å². The molecule has 52 heavy (non-hydrogen) atoms. The second-order valence-electron chi connectivity index (χ2n) is 11.2. The number of hydrogen-bond donors (Lipinski definition) is 2. The summed E-state index contributed by atoms with van der Waals surface area (Å²) >= 11 is 0. The predicted molar refractivity (Wildman–Crippen MR) is 171 cm³/mol. The van der Waals surface area contributed by atoms with Crippen molar-refractivity contribution in [3.05, 3.63) is 48.7 Å². The molecule has 2 aliphatic rings. The monoisotopic (exact) mass is 740 g/mol. The van der Waals surface area contributed by atoms with Crippen LogP contribution in [-0.4, -0.2) is 125 Å². The second-order valence-corrected chi connectivity index (χ2v) is 11.2. The largest absolute Gasteiger partial charge is 0.463 e. The number of esters is 4. The van der Waals surface area contributed by atoms with Crippen LogP contribution in [0.5, 0.6) is 0 Å². The number of carbonyl (C=O) groups excluding carboxylic acids is 6. The van der Waals surface area contributed by atoms with Gasteiger partial charge in [-0.2, -0.15) is 0 Å². The molecule has 1 aromatic carbocycles. The van der Waals surface area contributed by atoms with Gasteiger partial charge in [-0.05, 0) is 5.56 Å². The molecule has 0 bridgehead atoms. The normalized spacial score (nSPS) is 25.5. The Morgan fingerprint density at radius 3 is 2.06 bits per heavy atom. The summed E-state index contributed by atoms with van der Waals surface area (Å²) in [6.07, 6.45) is -9.29. The van der Waals surface area contributed by atoms with Gasteiger partial charge >= 0.3 is 36.1 Å². The van der Waals surface area contributed by atoms with Crippen molar-refractivity contribution in [1.82, 2.24) is 5.32 Å². The van der Waals surface area contributed by atoms with Gasteiger partial charge in [0.15, 0.2) is 30.9 Å². The van der Waals surface area contributed by atoms with Crippen LogP contribution in [0.1, 0.15) is 33.3 Å². The van der Waals surface area contributed by atoms with E-state index in [0.29, 0.717) is 0 Å². The van der Waals surface area contributed by atoms with E-state index < -0.39 is 91.9 Å². The van der Waals surface area contributed by atoms with Crippen LogP contribution in [0.2, 0.25) is 0 Å². The Kier molecular flexibility index (Phi) is 17.5. The van der Waals surface area contributed by atoms with Crippen LogP contribution in [0.3, 0.4) is 0 Å². The van der Waals surface area contributed by atoms with Gasteiger partial charge in [0.2, 0.25) is 0 Å². The van der Waals surface area contributed by atoms with Crippen LogP contribution < -0.4 is 11.1 Å². The topological polar surface area (TPSA) is 242 Å². The summed E-state index contributed by atoms with van der Waals surface area (Å²) in [4.78, 5) is 71.2. The molecule has 8 atom stereocenters. The van der Waals surface area contributed by atoms with E-state index in [9.17, 15) is 28.8 Å². The van der Waals surface area contributed by atoms with Crippen LogP contribution in [0.25, 0.3) is 0 Å². The highest BCUT2D eigenvalue weighted by molar-refractivity contribution is 5.68. The average molecular weight is 741 g/mol. The van der Waals surface area contributed by atoms with E-state index in [4.69, 9.17) is 57.8 Å². The van der Waals surface area contributed by atoms with Crippen molar-refractivity contribution in [2.45, 2.75) is 83.5 Å². The third-order valence-corrected chi connectivity index (χ3v) is 6.94. The minimum Gasteiger partial charge on any atom is -0.463 e. The van der Waals surface area contributed by atoms with Crippen LogP contribution >= 0.6 is 0 Å². The van der Waals surface area contributed by atoms with Gasteiger partial charge in [-0.15, -0.1) is 0 Å². The maximum Gasteiger partial charge on any atom is 0.407 e. The fourth-order valence-corrected chi connectivity index (χ4v) is 4.91. The first-order valence-corrected chi connectivity index (χ1v) is 16.2. The lowest BCUT2D eigenvalue weighted by molar-refractivity contribution is -0.338. The number of amides is 2. The number of benzene rings is 1. The van der Waals surface area contributed by atoms with Crippen LogP contribution in [0, 0.1) is 12.8 Å². The minimum atomic E-state index is -1.43. The van der Waals surface area contributed by atoms with Gasteiger partial charge in [0.25, 0.3) is 0 Å². The highest BCUT2D eigenvalue weighted by Crippen LogP contribution is 2.33. The van der Waals surface area contributed by atoms with Gasteiger partial charge in [0.05, 0.1) is 26.2 Å². The van der Waals surface area contributed by atoms with Crippen molar-refractivity contribution in [1.29, 1.82) is 0 Å². The standard InChI is InChI=1S/C33H44N2O17/c1-19(36)44-17-25-14-24(50-32(34)40)15-27(49-25)52-30-29(48-22(4)39)28(47-21(3)38)26(18-45-20(2)37)51-31(30)43-13-12-42-11-10-35-33(41)46-16-23-8-6-5-7-9-23/h5-9,14-15,24-31H,10-13,16-18H2,1-4H3,(H2,34,40)(H,35,41)/t24-,25+,26-,27+,28+,29-,30-,31+/m0/s1. The van der Waals surface area contributed by atoms with Crippen molar-refractivity contribution < 1.29 is 80.9 Å². The molecule has 2 radical (unpaired) electrons. The molecule has 2 heterocycles. The SMILES string of the molecule is CC(=O)OC[C@H]1[CH][C@H](OC(N)=O)[CH][C@@H](O[C@@H]2[C@H](OCCOCCNC(=O)OCc3ccccc3)O[C@@H](COC(C)=O)[C@@H](OC(C)=O)[C@@H]2OC(C)=O)O1. The number of carbonyl (C=O) groups is 6. The van der Waals surface area contributed by atoms with Crippen LogP contribution in [0.4, 0.5) is 9.59 Å². The average Bonchev–Trinajstić information content (AvgIpc) is 3.07. The van der Waals surface area contributed by atoms with Crippen molar-refractivity contribution >= 4 is 36.1 Å². The van der Waals surface area contributed by atoms with E-state index in [0.717, 1.165) is 26.3 Å². The highest BCUT2D eigenvalue weighted by atomic mass is 16.8. The number of hydrogen-bond acceptors (Lipinski definition) is 17. The number of nitrogens with one attached hydrogen (secondary N) is 1. The van der Waals surface area contributed by atoms with Gasteiger partial charge in [-0.25, -0.2) is 9.59 Å². The summed E-state index contributed by atoms with van der Waals surface area (Å²) in [6.45, 7) is 4.00. The number of ether oxygens (including phenoxy) is 11. The first-order valence-electron chi connectivity index (χ1n) is 16.2. The fourth-order valence-electron chi connectivity index (χ4n) is 4.91. The van der Waals surface area contributed by atoms with Crippen molar-refractivity contribution in [2.75, 3.05) is 39.6 Å². The van der Waals surface area contributed by atoms with Crippen molar-refractivity contribution in [3.63, 3.8) is 0 Å². The summed E-state index contributed by atoms with van der Waals surface area (Å²) < 4.78 is 61.0. The molecule has 1 aromatic rings. The van der Waals surface area contributed by atoms with E-state index in [1.165, 1.54) is 19.8 Å². The van der Waals surface area contributed by atoms with E-state index in [1.54, 1.807) is 0 Å². The molecule has 19 heteroatoms. The maximum absolute atomic E-state index is 12.3. The number of primary amides is 1. The molecular formula is C33H44N2O17. The lowest BCUT2D eigenvalue weighted by Crippen LogP contribution is -2.63. The predicted octanol–water partition coefficient (Wildman–Crippen LogP) is 0.643. The molecule has 19 nitrogen and oxygen atoms in total. The molecule has 0 unspecified atom stereocenters. The smallest absolute Gasteiger partial charge is 0.407 e. The van der Waals surface area contributed by atoms with E-state index in [1.807, 2.05) is 30.3 Å². The highest BCUT2D eigenvalue weighted by Gasteiger charge is 2.53. The number of alkyl carbamates (subject to hydrolysis) is 1. The van der Waals surface area contributed by atoms with Gasteiger partial charge in [-0.1, -0.05) is 30.3 Å². The minimum absolute atomic E-state index is 0.0203. The Labute approximate surface area is 299 Å². The van der Waals surface area contributed by atoms with Crippen LogP contribution in [0.15, 0.2) is 30.3 Å². The molecule has 2 aliphatic heterocycles. The zero-order chi connectivity index (χ0) is 38.0. The fraction of sp³-hybridized carbons (Fsp3) is 0.576. The zero-order valence-corrected chi connectivity index (χ0v) is 29.1. The van der Waals surface area contributed by atoms with Gasteiger partial charge in [0, 0.05) is 40.7 Å². The van der Waals surface area contributed by atoms with Crippen molar-refractivity contribution in [2.24, 2.45) is 5.73 Å². The maximum atomic E-state index is 12.3. The quantitative estimate of drug-likeness (QED) is 0.119. The zero-order valence-electron chi connectivity index (χ0n) is 29.1. The Bertz CT molecular complexity index is 1330. The molecule has 0 saturated carbocycles. The third kappa shape index (κ3) is 15.4.